The van der Waals surface area contributed by atoms with Gasteiger partial charge in [-0.05, 0) is 29.9 Å². The van der Waals surface area contributed by atoms with Gasteiger partial charge >= 0.3 is 0 Å². The zero-order valence-corrected chi connectivity index (χ0v) is 14.4. The van der Waals surface area contributed by atoms with E-state index in [0.717, 1.165) is 31.5 Å². The fourth-order valence-corrected chi connectivity index (χ4v) is 3.91. The smallest absolute Gasteiger partial charge is 0.234 e. The highest BCUT2D eigenvalue weighted by Gasteiger charge is 2.36. The van der Waals surface area contributed by atoms with E-state index in [2.05, 4.69) is 27.4 Å². The summed E-state index contributed by atoms with van der Waals surface area (Å²) >= 11 is 0. The predicted octanol–water partition coefficient (Wildman–Crippen LogP) is 1.36. The molecule has 1 aromatic heterocycles. The summed E-state index contributed by atoms with van der Waals surface area (Å²) in [6, 6.07) is 8.27. The Morgan fingerprint density at radius 1 is 1.32 bits per heavy atom. The van der Waals surface area contributed by atoms with Crippen LogP contribution in [-0.4, -0.2) is 38.3 Å². The van der Waals surface area contributed by atoms with Gasteiger partial charge in [-0.2, -0.15) is 5.10 Å². The maximum Gasteiger partial charge on any atom is 0.234 e. The van der Waals surface area contributed by atoms with Crippen LogP contribution < -0.4 is 5.32 Å². The molecule has 0 saturated heterocycles. The Morgan fingerprint density at radius 2 is 2.00 bits per heavy atom. The fraction of sp³-hybridized carbons (Fsp3) is 0.474. The molecule has 1 fully saturated rings. The molecule has 2 aliphatic rings. The first-order valence-corrected chi connectivity index (χ1v) is 8.83. The molecule has 0 radical (unpaired) electrons. The van der Waals surface area contributed by atoms with Crippen LogP contribution >= 0.6 is 0 Å². The topological polar surface area (TPSA) is 70.4 Å². The van der Waals surface area contributed by atoms with Crippen LogP contribution in [0.1, 0.15) is 35.6 Å². The van der Waals surface area contributed by atoms with E-state index in [-0.39, 0.29) is 24.0 Å². The molecule has 1 amide bonds. The lowest BCUT2D eigenvalue weighted by molar-refractivity contribution is -0.124. The van der Waals surface area contributed by atoms with Crippen molar-refractivity contribution in [2.75, 3.05) is 6.54 Å². The molecule has 2 heterocycles. The van der Waals surface area contributed by atoms with Crippen molar-refractivity contribution in [3.8, 4) is 0 Å². The van der Waals surface area contributed by atoms with Crippen molar-refractivity contribution in [3.63, 3.8) is 0 Å². The van der Waals surface area contributed by atoms with Crippen LogP contribution in [0.3, 0.4) is 0 Å². The second kappa shape index (κ2) is 6.61. The molecule has 1 aliphatic heterocycles. The minimum Gasteiger partial charge on any atom is -0.393 e. The number of aliphatic hydroxyl groups excluding tert-OH is 1. The third-order valence-electron chi connectivity index (χ3n) is 5.30. The first-order chi connectivity index (χ1) is 12.1. The van der Waals surface area contributed by atoms with Crippen LogP contribution in [0.15, 0.2) is 36.7 Å². The Balaban J connectivity index is 1.39. The fourth-order valence-electron chi connectivity index (χ4n) is 3.91. The van der Waals surface area contributed by atoms with Crippen LogP contribution in [0.2, 0.25) is 0 Å². The summed E-state index contributed by atoms with van der Waals surface area (Å²) in [6.07, 6.45) is 4.97. The maximum atomic E-state index is 12.6. The molecule has 0 bridgehead atoms. The van der Waals surface area contributed by atoms with Gasteiger partial charge in [-0.1, -0.05) is 24.3 Å². The summed E-state index contributed by atoms with van der Waals surface area (Å²) in [6.45, 7) is 2.04. The molecule has 1 aliphatic carbocycles. The minimum absolute atomic E-state index is 0.0306. The molecular formula is C19H24N4O2. The van der Waals surface area contributed by atoms with Crippen molar-refractivity contribution < 1.29 is 9.90 Å². The molecule has 25 heavy (non-hydrogen) atoms. The van der Waals surface area contributed by atoms with Gasteiger partial charge in [-0.25, -0.2) is 0 Å². The second-order valence-electron chi connectivity index (χ2n) is 7.29. The number of hydrogen-bond acceptors (Lipinski definition) is 4. The number of carbonyl (C=O) groups excluding carboxylic acids is 1. The van der Waals surface area contributed by atoms with Gasteiger partial charge in [0.2, 0.25) is 5.91 Å². The Hall–Kier alpha value is -2.18. The Bertz CT molecular complexity index is 741. The molecule has 1 aromatic carbocycles. The number of carbonyl (C=O) groups is 1. The third kappa shape index (κ3) is 3.45. The van der Waals surface area contributed by atoms with Gasteiger partial charge in [0.1, 0.15) is 0 Å². The number of fused-ring (bicyclic) bond motifs is 1. The number of aromatic nitrogens is 2. The van der Waals surface area contributed by atoms with Gasteiger partial charge in [0.25, 0.3) is 0 Å². The van der Waals surface area contributed by atoms with E-state index in [1.165, 1.54) is 11.1 Å². The molecule has 0 spiro atoms. The quantitative estimate of drug-likeness (QED) is 0.862. The van der Waals surface area contributed by atoms with Crippen molar-refractivity contribution >= 4 is 5.91 Å². The van der Waals surface area contributed by atoms with E-state index < -0.39 is 0 Å². The Labute approximate surface area is 147 Å². The molecule has 6 nitrogen and oxygen atoms in total. The number of aryl methyl sites for hydroxylation is 1. The number of hydrogen-bond donors (Lipinski definition) is 2. The summed E-state index contributed by atoms with van der Waals surface area (Å²) in [5, 5.41) is 17.0. The second-order valence-corrected chi connectivity index (χ2v) is 7.29. The standard InChI is InChI=1S/C19H24N4O2/c1-22-9-16(8-20-22)19(15-6-17(24)7-15)21-18(25)12-23-10-13-4-2-3-5-14(13)11-23/h2-5,8-9,15,17,19,24H,6-7,10-12H2,1H3,(H,21,25)/t15?,17?,19-/m0/s1. The number of rotatable bonds is 5. The SMILES string of the molecule is Cn1cc([C@@H](NC(=O)CN2Cc3ccccc3C2)C2CC(O)C2)cn1. The van der Waals surface area contributed by atoms with Gasteiger partial charge in [-0.15, -0.1) is 0 Å². The van der Waals surface area contributed by atoms with E-state index in [9.17, 15) is 9.90 Å². The predicted molar refractivity (Wildman–Crippen MR) is 93.4 cm³/mol. The zero-order valence-electron chi connectivity index (χ0n) is 14.4. The van der Waals surface area contributed by atoms with Crippen molar-refractivity contribution in [1.29, 1.82) is 0 Å². The molecule has 1 saturated carbocycles. The number of benzene rings is 1. The summed E-state index contributed by atoms with van der Waals surface area (Å²) < 4.78 is 1.75. The van der Waals surface area contributed by atoms with Crippen LogP contribution in [0.5, 0.6) is 0 Å². The summed E-state index contributed by atoms with van der Waals surface area (Å²) in [5.74, 6) is 0.307. The molecule has 1 atom stereocenters. The third-order valence-corrected chi connectivity index (χ3v) is 5.30. The average molecular weight is 340 g/mol. The first kappa shape index (κ1) is 16.3. The largest absolute Gasteiger partial charge is 0.393 e. The molecule has 2 N–H and O–H groups in total. The number of aliphatic hydroxyl groups is 1. The first-order valence-electron chi connectivity index (χ1n) is 8.83. The van der Waals surface area contributed by atoms with E-state index in [4.69, 9.17) is 0 Å². The van der Waals surface area contributed by atoms with E-state index >= 15 is 0 Å². The zero-order chi connectivity index (χ0) is 17.4. The molecular weight excluding hydrogens is 316 g/mol. The summed E-state index contributed by atoms with van der Waals surface area (Å²) in [7, 11) is 1.87. The lowest BCUT2D eigenvalue weighted by Crippen LogP contribution is -2.44. The van der Waals surface area contributed by atoms with Crippen molar-refractivity contribution in [2.24, 2.45) is 13.0 Å². The molecule has 6 heteroatoms. The van der Waals surface area contributed by atoms with Gasteiger partial charge in [0.05, 0.1) is 24.9 Å². The number of nitrogens with zero attached hydrogens (tertiary/aromatic N) is 3. The molecule has 132 valence electrons. The molecule has 0 unspecified atom stereocenters. The van der Waals surface area contributed by atoms with Crippen molar-refractivity contribution in [1.82, 2.24) is 20.0 Å². The Morgan fingerprint density at radius 3 is 2.56 bits per heavy atom. The highest BCUT2D eigenvalue weighted by Crippen LogP contribution is 2.38. The van der Waals surface area contributed by atoms with E-state index in [0.29, 0.717) is 6.54 Å². The van der Waals surface area contributed by atoms with Crippen LogP contribution in [-0.2, 0) is 24.9 Å². The molecule has 2 aromatic rings. The van der Waals surface area contributed by atoms with Crippen LogP contribution in [0.25, 0.3) is 0 Å². The highest BCUT2D eigenvalue weighted by atomic mass is 16.3. The van der Waals surface area contributed by atoms with E-state index in [1.807, 2.05) is 25.4 Å². The van der Waals surface area contributed by atoms with Crippen LogP contribution in [0.4, 0.5) is 0 Å². The van der Waals surface area contributed by atoms with Crippen LogP contribution in [0, 0.1) is 5.92 Å². The average Bonchev–Trinajstić information content (AvgIpc) is 3.15. The lowest BCUT2D eigenvalue weighted by atomic mass is 9.75. The van der Waals surface area contributed by atoms with Gasteiger partial charge in [0, 0.05) is 31.9 Å². The maximum absolute atomic E-state index is 12.6. The highest BCUT2D eigenvalue weighted by molar-refractivity contribution is 5.78. The van der Waals surface area contributed by atoms with Gasteiger partial charge in [0.15, 0.2) is 0 Å². The number of amides is 1. The van der Waals surface area contributed by atoms with E-state index in [1.54, 1.807) is 10.9 Å². The Kier molecular flexibility index (Phi) is 4.31. The van der Waals surface area contributed by atoms with Crippen molar-refractivity contribution in [2.45, 2.75) is 38.1 Å². The summed E-state index contributed by atoms with van der Waals surface area (Å²) in [5.41, 5.74) is 3.62. The lowest BCUT2D eigenvalue weighted by Gasteiger charge is -2.37. The van der Waals surface area contributed by atoms with Gasteiger partial charge < -0.3 is 10.4 Å². The monoisotopic (exact) mass is 340 g/mol. The normalized spacial score (nSPS) is 23.8. The number of nitrogens with one attached hydrogen (secondary N) is 1. The minimum atomic E-state index is -0.242. The van der Waals surface area contributed by atoms with Gasteiger partial charge in [-0.3, -0.25) is 14.4 Å². The summed E-state index contributed by atoms with van der Waals surface area (Å²) in [4.78, 5) is 14.8. The molecule has 4 rings (SSSR count). The van der Waals surface area contributed by atoms with Crippen molar-refractivity contribution in [3.05, 3.63) is 53.3 Å².